The van der Waals surface area contributed by atoms with Crippen LogP contribution in [0.25, 0.3) is 11.4 Å². The van der Waals surface area contributed by atoms with E-state index >= 15 is 0 Å². The summed E-state index contributed by atoms with van der Waals surface area (Å²) >= 11 is 5.34. The summed E-state index contributed by atoms with van der Waals surface area (Å²) in [6.45, 7) is 9.14. The Morgan fingerprint density at radius 2 is 2.10 bits per heavy atom. The van der Waals surface area contributed by atoms with Crippen molar-refractivity contribution in [2.75, 3.05) is 6.61 Å². The average molecular weight is 291 g/mol. The predicted molar refractivity (Wildman–Crippen MR) is 83.6 cm³/mol. The molecule has 2 rings (SSSR count). The van der Waals surface area contributed by atoms with Crippen molar-refractivity contribution in [2.45, 2.75) is 39.7 Å². The minimum Gasteiger partial charge on any atom is -0.494 e. The van der Waals surface area contributed by atoms with Gasteiger partial charge in [0, 0.05) is 11.1 Å². The molecule has 0 amide bonds. The SMILES string of the molecule is CCCOc1cccc(-c2n[nH]c(=S)n2C(C)(C)C)c1. The summed E-state index contributed by atoms with van der Waals surface area (Å²) in [7, 11) is 0. The molecule has 1 aromatic heterocycles. The van der Waals surface area contributed by atoms with Gasteiger partial charge < -0.3 is 4.74 Å². The minimum atomic E-state index is -0.125. The second-order valence-corrected chi connectivity index (χ2v) is 6.12. The molecule has 0 spiro atoms. The maximum Gasteiger partial charge on any atom is 0.195 e. The van der Waals surface area contributed by atoms with Crippen molar-refractivity contribution in [3.8, 4) is 17.1 Å². The first-order valence-electron chi connectivity index (χ1n) is 6.84. The van der Waals surface area contributed by atoms with Gasteiger partial charge in [0.1, 0.15) is 5.75 Å². The smallest absolute Gasteiger partial charge is 0.195 e. The normalized spacial score (nSPS) is 11.6. The summed E-state index contributed by atoms with van der Waals surface area (Å²) in [4.78, 5) is 0. The first kappa shape index (κ1) is 14.8. The molecule has 0 atom stereocenters. The minimum absolute atomic E-state index is 0.125. The van der Waals surface area contributed by atoms with E-state index in [1.165, 1.54) is 0 Å². The van der Waals surface area contributed by atoms with E-state index in [-0.39, 0.29) is 5.54 Å². The third kappa shape index (κ3) is 3.10. The van der Waals surface area contributed by atoms with Crippen molar-refractivity contribution in [1.82, 2.24) is 14.8 Å². The lowest BCUT2D eigenvalue weighted by molar-refractivity contribution is 0.317. The van der Waals surface area contributed by atoms with E-state index in [1.54, 1.807) is 0 Å². The standard InChI is InChI=1S/C15H21N3OS/c1-5-9-19-12-8-6-7-11(10-12)13-16-17-14(20)18(13)15(2,3)4/h6-8,10H,5,9H2,1-4H3,(H,17,20). The van der Waals surface area contributed by atoms with Crippen LogP contribution in [0.5, 0.6) is 5.75 Å². The molecule has 0 unspecified atom stereocenters. The van der Waals surface area contributed by atoms with Crippen LogP contribution in [-0.4, -0.2) is 21.4 Å². The number of aromatic amines is 1. The fourth-order valence-electron chi connectivity index (χ4n) is 2.06. The highest BCUT2D eigenvalue weighted by atomic mass is 32.1. The van der Waals surface area contributed by atoms with E-state index < -0.39 is 0 Å². The molecule has 0 aliphatic rings. The van der Waals surface area contributed by atoms with E-state index in [1.807, 2.05) is 28.8 Å². The van der Waals surface area contributed by atoms with Gasteiger partial charge in [-0.05, 0) is 51.5 Å². The van der Waals surface area contributed by atoms with Crippen LogP contribution in [0.2, 0.25) is 0 Å². The van der Waals surface area contributed by atoms with Crippen LogP contribution in [0.4, 0.5) is 0 Å². The van der Waals surface area contributed by atoms with Crippen LogP contribution >= 0.6 is 12.2 Å². The van der Waals surface area contributed by atoms with Crippen LogP contribution in [0, 0.1) is 4.77 Å². The van der Waals surface area contributed by atoms with Gasteiger partial charge in [-0.3, -0.25) is 9.67 Å². The largest absolute Gasteiger partial charge is 0.494 e. The van der Waals surface area contributed by atoms with Crippen LogP contribution < -0.4 is 4.74 Å². The lowest BCUT2D eigenvalue weighted by atomic mass is 10.1. The molecule has 0 aliphatic carbocycles. The van der Waals surface area contributed by atoms with Crippen molar-refractivity contribution >= 4 is 12.2 Å². The summed E-state index contributed by atoms with van der Waals surface area (Å²) < 4.78 is 8.34. The van der Waals surface area contributed by atoms with Crippen molar-refractivity contribution in [3.05, 3.63) is 29.0 Å². The van der Waals surface area contributed by atoms with E-state index in [4.69, 9.17) is 17.0 Å². The number of hydrogen-bond donors (Lipinski definition) is 1. The monoisotopic (exact) mass is 291 g/mol. The van der Waals surface area contributed by atoms with E-state index in [2.05, 4.69) is 37.9 Å². The Balaban J connectivity index is 2.45. The summed E-state index contributed by atoms with van der Waals surface area (Å²) in [6.07, 6.45) is 0.991. The highest BCUT2D eigenvalue weighted by Crippen LogP contribution is 2.27. The number of rotatable bonds is 4. The van der Waals surface area contributed by atoms with Crippen LogP contribution in [0.3, 0.4) is 0 Å². The van der Waals surface area contributed by atoms with Crippen molar-refractivity contribution in [3.63, 3.8) is 0 Å². The summed E-state index contributed by atoms with van der Waals surface area (Å²) in [6, 6.07) is 7.96. The van der Waals surface area contributed by atoms with Gasteiger partial charge in [-0.15, -0.1) is 0 Å². The molecule has 0 radical (unpaired) electrons. The Kier molecular flexibility index (Phi) is 4.28. The molecule has 0 aliphatic heterocycles. The van der Waals surface area contributed by atoms with E-state index in [9.17, 15) is 0 Å². The second-order valence-electron chi connectivity index (χ2n) is 5.73. The van der Waals surface area contributed by atoms with E-state index in [0.717, 1.165) is 30.2 Å². The predicted octanol–water partition coefficient (Wildman–Crippen LogP) is 4.15. The van der Waals surface area contributed by atoms with Crippen LogP contribution in [0.1, 0.15) is 34.1 Å². The summed E-state index contributed by atoms with van der Waals surface area (Å²) in [5, 5.41) is 7.24. The number of aromatic nitrogens is 3. The highest BCUT2D eigenvalue weighted by Gasteiger charge is 2.20. The molecular weight excluding hydrogens is 270 g/mol. The average Bonchev–Trinajstić information content (AvgIpc) is 2.78. The molecule has 20 heavy (non-hydrogen) atoms. The number of hydrogen-bond acceptors (Lipinski definition) is 3. The van der Waals surface area contributed by atoms with E-state index in [0.29, 0.717) is 4.77 Å². The number of ether oxygens (including phenoxy) is 1. The maximum atomic E-state index is 5.68. The Bertz CT molecular complexity index is 637. The second kappa shape index (κ2) is 5.79. The fraction of sp³-hybridized carbons (Fsp3) is 0.467. The van der Waals surface area contributed by atoms with Crippen molar-refractivity contribution in [1.29, 1.82) is 0 Å². The Labute approximate surface area is 124 Å². The Morgan fingerprint density at radius 3 is 2.75 bits per heavy atom. The molecular formula is C15H21N3OS. The lowest BCUT2D eigenvalue weighted by Gasteiger charge is -2.22. The zero-order valence-electron chi connectivity index (χ0n) is 12.4. The van der Waals surface area contributed by atoms with Crippen molar-refractivity contribution in [2.24, 2.45) is 0 Å². The molecule has 0 bridgehead atoms. The van der Waals surface area contributed by atoms with Crippen LogP contribution in [0.15, 0.2) is 24.3 Å². The third-order valence-electron chi connectivity index (χ3n) is 2.91. The maximum absolute atomic E-state index is 5.68. The molecule has 0 saturated heterocycles. The topological polar surface area (TPSA) is 42.8 Å². The number of nitrogens with zero attached hydrogens (tertiary/aromatic N) is 2. The first-order valence-corrected chi connectivity index (χ1v) is 7.25. The molecule has 0 fully saturated rings. The summed E-state index contributed by atoms with van der Waals surface area (Å²) in [5.74, 6) is 1.70. The molecule has 5 heteroatoms. The fourth-order valence-corrected chi connectivity index (χ4v) is 2.46. The van der Waals surface area contributed by atoms with Gasteiger partial charge >= 0.3 is 0 Å². The van der Waals surface area contributed by atoms with Gasteiger partial charge in [0.25, 0.3) is 0 Å². The van der Waals surface area contributed by atoms with Gasteiger partial charge in [0.05, 0.1) is 6.61 Å². The van der Waals surface area contributed by atoms with Crippen molar-refractivity contribution < 1.29 is 4.74 Å². The molecule has 1 heterocycles. The third-order valence-corrected chi connectivity index (χ3v) is 3.18. The highest BCUT2D eigenvalue weighted by molar-refractivity contribution is 7.71. The van der Waals surface area contributed by atoms with Gasteiger partial charge in [-0.1, -0.05) is 19.1 Å². The molecule has 1 N–H and O–H groups in total. The van der Waals surface area contributed by atoms with Gasteiger partial charge in [-0.25, -0.2) is 0 Å². The lowest BCUT2D eigenvalue weighted by Crippen LogP contribution is -2.22. The molecule has 0 saturated carbocycles. The van der Waals surface area contributed by atoms with Gasteiger partial charge in [0.2, 0.25) is 0 Å². The first-order chi connectivity index (χ1) is 9.43. The molecule has 108 valence electrons. The quantitative estimate of drug-likeness (QED) is 0.860. The number of nitrogens with one attached hydrogen (secondary N) is 1. The van der Waals surface area contributed by atoms with Crippen LogP contribution in [-0.2, 0) is 5.54 Å². The molecule has 2 aromatic rings. The van der Waals surface area contributed by atoms with Gasteiger partial charge in [0.15, 0.2) is 10.6 Å². The molecule has 1 aromatic carbocycles. The Hall–Kier alpha value is -1.62. The summed E-state index contributed by atoms with van der Waals surface area (Å²) in [5.41, 5.74) is 0.876. The number of H-pyrrole nitrogens is 1. The molecule has 4 nitrogen and oxygen atoms in total. The van der Waals surface area contributed by atoms with Gasteiger partial charge in [-0.2, -0.15) is 5.10 Å². The Morgan fingerprint density at radius 1 is 1.35 bits per heavy atom. The zero-order chi connectivity index (χ0) is 14.8. The zero-order valence-corrected chi connectivity index (χ0v) is 13.3. The number of benzene rings is 1.